The van der Waals surface area contributed by atoms with Gasteiger partial charge in [-0.15, -0.1) is 0 Å². The molecule has 0 aliphatic heterocycles. The number of para-hydroxylation sites is 2. The molecule has 0 spiro atoms. The van der Waals surface area contributed by atoms with E-state index in [1.807, 2.05) is 0 Å². The monoisotopic (exact) mass is 1220 g/mol. The quantitative estimate of drug-likeness (QED) is 0.119. The van der Waals surface area contributed by atoms with Crippen molar-refractivity contribution in [2.24, 2.45) is 0 Å². The minimum atomic E-state index is 1.08. The number of anilines is 6. The lowest BCUT2D eigenvalue weighted by atomic mass is 9.92. The average molecular weight is 1220 g/mol. The van der Waals surface area contributed by atoms with E-state index in [4.69, 9.17) is 0 Å². The smallest absolute Gasteiger partial charge is 0.0540 e. The summed E-state index contributed by atoms with van der Waals surface area (Å²) in [6.07, 6.45) is 0. The van der Waals surface area contributed by atoms with Gasteiger partial charge in [-0.2, -0.15) is 0 Å². The van der Waals surface area contributed by atoms with Crippen LogP contribution < -0.4 is 9.80 Å². The highest BCUT2D eigenvalue weighted by molar-refractivity contribution is 6.27. The summed E-state index contributed by atoms with van der Waals surface area (Å²) in [5, 5.41) is 20.2. The van der Waals surface area contributed by atoms with Gasteiger partial charge in [-0.05, 0) is 241 Å². The molecule has 0 atom stereocenters. The molecule has 0 aliphatic carbocycles. The van der Waals surface area contributed by atoms with E-state index in [0.717, 1.165) is 56.4 Å². The van der Waals surface area contributed by atoms with Gasteiger partial charge in [0.05, 0.1) is 11.4 Å². The van der Waals surface area contributed by atoms with Crippen LogP contribution in [0.4, 0.5) is 34.1 Å². The van der Waals surface area contributed by atoms with Crippen LogP contribution in [0.1, 0.15) is 11.1 Å². The largest absolute Gasteiger partial charge is 0.310 e. The number of nitrogens with zero attached hydrogens (tertiary/aromatic N) is 2. The zero-order valence-electron chi connectivity index (χ0n) is 53.4. The van der Waals surface area contributed by atoms with Crippen molar-refractivity contribution >= 4 is 120 Å². The van der Waals surface area contributed by atoms with Crippen LogP contribution in [-0.4, -0.2) is 0 Å². The van der Waals surface area contributed by atoms with Gasteiger partial charge in [-0.25, -0.2) is 0 Å². The Morgan fingerprint density at radius 2 is 0.438 bits per heavy atom. The molecule has 0 N–H and O–H groups in total. The highest BCUT2D eigenvalue weighted by Gasteiger charge is 2.23. The van der Waals surface area contributed by atoms with Crippen molar-refractivity contribution in [3.63, 3.8) is 0 Å². The van der Waals surface area contributed by atoms with Gasteiger partial charge >= 0.3 is 0 Å². The van der Waals surface area contributed by atoms with Gasteiger partial charge in [0.25, 0.3) is 0 Å². The van der Waals surface area contributed by atoms with E-state index in [-0.39, 0.29) is 0 Å². The molecule has 0 amide bonds. The first kappa shape index (κ1) is 56.4. The van der Waals surface area contributed by atoms with Crippen LogP contribution in [-0.2, 0) is 0 Å². The summed E-state index contributed by atoms with van der Waals surface area (Å²) >= 11 is 0. The normalized spacial score (nSPS) is 11.6. The van der Waals surface area contributed by atoms with Crippen molar-refractivity contribution < 1.29 is 0 Å². The predicted molar refractivity (Wildman–Crippen MR) is 413 cm³/mol. The zero-order valence-corrected chi connectivity index (χ0v) is 53.4. The Morgan fingerprint density at radius 3 is 0.802 bits per heavy atom. The number of hydrogen-bond acceptors (Lipinski definition) is 2. The first-order chi connectivity index (χ1) is 47.4. The summed E-state index contributed by atoms with van der Waals surface area (Å²) in [6, 6.07) is 130. The zero-order chi connectivity index (χ0) is 63.8. The van der Waals surface area contributed by atoms with E-state index in [1.165, 1.54) is 131 Å². The second-order valence-corrected chi connectivity index (χ2v) is 25.6. The van der Waals surface area contributed by atoms with Crippen LogP contribution in [0.5, 0.6) is 0 Å². The summed E-state index contributed by atoms with van der Waals surface area (Å²) in [6.45, 7) is 4.53. The van der Waals surface area contributed by atoms with Gasteiger partial charge < -0.3 is 9.80 Å². The molecule has 2 heteroatoms. The van der Waals surface area contributed by atoms with Crippen molar-refractivity contribution in [2.45, 2.75) is 13.8 Å². The number of rotatable bonds is 11. The standard InChI is InChI=1S/C94H64N2/c1-61-55-69(45-53-91(61)95(93-33-17-15-23-77(93)73-37-35-63-19-3-5-21-67(63)57-73)75-47-39-65(40-48-75)71-43-51-87-83-29-9-7-25-79(83)81-27-11-13-31-85(81)89(87)59-71)70-46-54-92(62(2)56-70)96(94-34-18-16-24-78(94)74-38-36-64-20-4-6-22-68(64)58-74)76-49-41-66(42-50-76)72-44-52-88-84-30-10-8-26-80(84)82-28-12-14-32-86(82)90(88)60-72/h3-60H,1-2H3. The van der Waals surface area contributed by atoms with Gasteiger partial charge in [0.15, 0.2) is 0 Å². The van der Waals surface area contributed by atoms with Gasteiger partial charge in [0, 0.05) is 33.9 Å². The molecular weight excluding hydrogens is 1160 g/mol. The Hall–Kier alpha value is -12.4. The summed E-state index contributed by atoms with van der Waals surface area (Å²) in [5.74, 6) is 0. The lowest BCUT2D eigenvalue weighted by molar-refractivity contribution is 1.24. The molecule has 18 rings (SSSR count). The minimum absolute atomic E-state index is 1.08. The van der Waals surface area contributed by atoms with Crippen LogP contribution in [0.3, 0.4) is 0 Å². The van der Waals surface area contributed by atoms with Crippen molar-refractivity contribution in [2.75, 3.05) is 9.80 Å². The van der Waals surface area contributed by atoms with E-state index in [1.54, 1.807) is 0 Å². The molecule has 450 valence electrons. The molecule has 0 aromatic heterocycles. The Bertz CT molecular complexity index is 5670. The summed E-state index contributed by atoms with van der Waals surface area (Å²) in [4.78, 5) is 4.92. The Kier molecular flexibility index (Phi) is 13.7. The average Bonchev–Trinajstić information content (AvgIpc) is 0.751. The summed E-state index contributed by atoms with van der Waals surface area (Å²) in [5.41, 5.74) is 20.6. The summed E-state index contributed by atoms with van der Waals surface area (Å²) in [7, 11) is 0. The maximum atomic E-state index is 2.46. The van der Waals surface area contributed by atoms with Crippen LogP contribution >= 0.6 is 0 Å². The van der Waals surface area contributed by atoms with Crippen molar-refractivity contribution in [1.82, 2.24) is 0 Å². The Balaban J connectivity index is 0.730. The van der Waals surface area contributed by atoms with E-state index < -0.39 is 0 Å². The highest BCUT2D eigenvalue weighted by Crippen LogP contribution is 2.48. The molecule has 18 aromatic carbocycles. The molecule has 0 saturated carbocycles. The van der Waals surface area contributed by atoms with Gasteiger partial charge in [-0.3, -0.25) is 0 Å². The number of hydrogen-bond donors (Lipinski definition) is 0. The molecule has 2 nitrogen and oxygen atoms in total. The lowest BCUT2D eigenvalue weighted by Crippen LogP contribution is -2.13. The topological polar surface area (TPSA) is 6.48 Å². The lowest BCUT2D eigenvalue weighted by Gasteiger charge is -2.30. The van der Waals surface area contributed by atoms with Gasteiger partial charge in [-0.1, -0.05) is 267 Å². The third-order valence-electron chi connectivity index (χ3n) is 20.0. The van der Waals surface area contributed by atoms with Crippen molar-refractivity contribution in [1.29, 1.82) is 0 Å². The highest BCUT2D eigenvalue weighted by atomic mass is 15.2. The number of aryl methyl sites for hydroxylation is 2. The number of fused-ring (bicyclic) bond motifs is 14. The van der Waals surface area contributed by atoms with Crippen LogP contribution in [0.2, 0.25) is 0 Å². The fourth-order valence-corrected chi connectivity index (χ4v) is 15.3. The maximum Gasteiger partial charge on any atom is 0.0540 e. The minimum Gasteiger partial charge on any atom is -0.310 e. The van der Waals surface area contributed by atoms with Crippen molar-refractivity contribution in [3.8, 4) is 55.6 Å². The first-order valence-electron chi connectivity index (χ1n) is 33.3. The van der Waals surface area contributed by atoms with Gasteiger partial charge in [0.1, 0.15) is 0 Å². The Labute approximate surface area is 559 Å². The molecule has 0 fully saturated rings. The predicted octanol–water partition coefficient (Wildman–Crippen LogP) is 26.8. The fraction of sp³-hybridized carbons (Fsp3) is 0.0213. The van der Waals surface area contributed by atoms with Crippen molar-refractivity contribution in [3.05, 3.63) is 363 Å². The third kappa shape index (κ3) is 9.73. The van der Waals surface area contributed by atoms with Crippen LogP contribution in [0.15, 0.2) is 352 Å². The Morgan fingerprint density at radius 1 is 0.167 bits per heavy atom. The van der Waals surface area contributed by atoms with Crippen LogP contribution in [0.25, 0.3) is 142 Å². The molecule has 0 aliphatic rings. The van der Waals surface area contributed by atoms with E-state index in [2.05, 4.69) is 375 Å². The molecule has 0 radical (unpaired) electrons. The maximum absolute atomic E-state index is 2.46. The number of benzene rings is 18. The second kappa shape index (κ2) is 23.3. The molecule has 0 unspecified atom stereocenters. The SMILES string of the molecule is Cc1cc(-c2ccc(N(c3ccc(-c4ccc5c6ccccc6c6ccccc6c5c4)cc3)c3ccccc3-c3ccc4ccccc4c3)c(C)c2)ccc1N(c1ccc(-c2ccc3c4ccccc4c4ccccc4c3c2)cc1)c1ccccc1-c1ccc2ccccc2c1. The van der Waals surface area contributed by atoms with E-state index in [0.29, 0.717) is 0 Å². The van der Waals surface area contributed by atoms with E-state index >= 15 is 0 Å². The fourth-order valence-electron chi connectivity index (χ4n) is 15.3. The molecule has 96 heavy (non-hydrogen) atoms. The molecule has 0 bridgehead atoms. The van der Waals surface area contributed by atoms with E-state index in [9.17, 15) is 0 Å². The van der Waals surface area contributed by atoms with Crippen LogP contribution in [0, 0.1) is 13.8 Å². The van der Waals surface area contributed by atoms with Gasteiger partial charge in [0.2, 0.25) is 0 Å². The molecular formula is C94H64N2. The molecule has 0 heterocycles. The third-order valence-corrected chi connectivity index (χ3v) is 20.0. The summed E-state index contributed by atoms with van der Waals surface area (Å²) < 4.78 is 0. The first-order valence-corrected chi connectivity index (χ1v) is 33.3. The molecule has 0 saturated heterocycles. The molecule has 18 aromatic rings. The second-order valence-electron chi connectivity index (χ2n) is 25.6.